The van der Waals surface area contributed by atoms with Gasteiger partial charge in [-0.15, -0.1) is 0 Å². The highest BCUT2D eigenvalue weighted by Crippen LogP contribution is 2.27. The Balaban J connectivity index is 1.88. The first-order valence-corrected chi connectivity index (χ1v) is 7.20. The van der Waals surface area contributed by atoms with Gasteiger partial charge in [0.25, 0.3) is 5.91 Å². The van der Waals surface area contributed by atoms with Crippen molar-refractivity contribution < 1.29 is 28.6 Å². The van der Waals surface area contributed by atoms with Gasteiger partial charge in [0.15, 0.2) is 18.1 Å². The van der Waals surface area contributed by atoms with Gasteiger partial charge in [0.1, 0.15) is 0 Å². The van der Waals surface area contributed by atoms with E-state index in [9.17, 15) is 14.4 Å². The first-order chi connectivity index (χ1) is 11.5. The number of imide groups is 1. The molecule has 0 spiro atoms. The quantitative estimate of drug-likeness (QED) is 0.611. The molecule has 0 saturated carbocycles. The van der Waals surface area contributed by atoms with Crippen molar-refractivity contribution in [3.8, 4) is 11.5 Å². The molecule has 1 aliphatic heterocycles. The number of ether oxygens (including phenoxy) is 3. The van der Waals surface area contributed by atoms with Crippen LogP contribution in [0.4, 0.5) is 4.79 Å². The number of urea groups is 1. The largest absolute Gasteiger partial charge is 0.493 e. The summed E-state index contributed by atoms with van der Waals surface area (Å²) in [5, 5.41) is 2.49. The second kappa shape index (κ2) is 8.00. The van der Waals surface area contributed by atoms with E-state index in [0.717, 1.165) is 4.90 Å². The van der Waals surface area contributed by atoms with Crippen molar-refractivity contribution in [1.29, 1.82) is 0 Å². The minimum atomic E-state index is -0.683. The zero-order chi connectivity index (χ0) is 17.5. The van der Waals surface area contributed by atoms with E-state index < -0.39 is 24.5 Å². The molecule has 1 fully saturated rings. The predicted octanol–water partition coefficient (Wildman–Crippen LogP) is 0.812. The van der Waals surface area contributed by atoms with Crippen molar-refractivity contribution in [2.24, 2.45) is 0 Å². The third-order valence-electron chi connectivity index (χ3n) is 3.32. The van der Waals surface area contributed by atoms with E-state index in [4.69, 9.17) is 14.2 Å². The summed E-state index contributed by atoms with van der Waals surface area (Å²) in [4.78, 5) is 35.7. The molecule has 0 aromatic heterocycles. The molecule has 0 unspecified atom stereocenters. The molecule has 8 nitrogen and oxygen atoms in total. The van der Waals surface area contributed by atoms with Crippen molar-refractivity contribution in [2.45, 2.75) is 0 Å². The smallest absolute Gasteiger partial charge is 0.331 e. The molecule has 0 bridgehead atoms. The Morgan fingerprint density at radius 3 is 2.62 bits per heavy atom. The normalized spacial score (nSPS) is 13.8. The lowest BCUT2D eigenvalue weighted by Crippen LogP contribution is -2.37. The number of carbonyl (C=O) groups is 3. The van der Waals surface area contributed by atoms with E-state index in [-0.39, 0.29) is 6.54 Å². The van der Waals surface area contributed by atoms with Crippen molar-refractivity contribution >= 4 is 24.0 Å². The minimum absolute atomic E-state index is 0.275. The summed E-state index contributed by atoms with van der Waals surface area (Å²) in [6, 6.07) is 4.67. The fourth-order valence-electron chi connectivity index (χ4n) is 2.09. The summed E-state index contributed by atoms with van der Waals surface area (Å²) in [6.45, 7) is 0.191. The van der Waals surface area contributed by atoms with E-state index in [0.29, 0.717) is 23.6 Å². The van der Waals surface area contributed by atoms with Crippen LogP contribution in [0.15, 0.2) is 24.3 Å². The number of carbonyl (C=O) groups excluding carboxylic acids is 3. The highest BCUT2D eigenvalue weighted by atomic mass is 16.5. The molecule has 24 heavy (non-hydrogen) atoms. The van der Waals surface area contributed by atoms with E-state index in [1.165, 1.54) is 26.4 Å². The highest BCUT2D eigenvalue weighted by Gasteiger charge is 2.26. The number of nitrogens with one attached hydrogen (secondary N) is 1. The van der Waals surface area contributed by atoms with Gasteiger partial charge in [-0.2, -0.15) is 0 Å². The molecule has 2 rings (SSSR count). The monoisotopic (exact) mass is 334 g/mol. The number of esters is 1. The Morgan fingerprint density at radius 2 is 2.00 bits per heavy atom. The molecule has 128 valence electrons. The van der Waals surface area contributed by atoms with Crippen LogP contribution in [0.3, 0.4) is 0 Å². The van der Waals surface area contributed by atoms with E-state index in [1.54, 1.807) is 18.2 Å². The third-order valence-corrected chi connectivity index (χ3v) is 3.32. The number of hydrogen-bond acceptors (Lipinski definition) is 6. The second-order valence-corrected chi connectivity index (χ2v) is 4.83. The lowest BCUT2D eigenvalue weighted by atomic mass is 10.2. The van der Waals surface area contributed by atoms with Crippen LogP contribution in [0.1, 0.15) is 5.56 Å². The van der Waals surface area contributed by atoms with Crippen LogP contribution in [0, 0.1) is 0 Å². The summed E-state index contributed by atoms with van der Waals surface area (Å²) in [7, 11) is 3.04. The summed E-state index contributed by atoms with van der Waals surface area (Å²) in [5.74, 6) is -0.134. The first kappa shape index (κ1) is 17.3. The Labute approximate surface area is 139 Å². The topological polar surface area (TPSA) is 94.2 Å². The van der Waals surface area contributed by atoms with Crippen LogP contribution in [-0.4, -0.2) is 56.7 Å². The van der Waals surface area contributed by atoms with Crippen molar-refractivity contribution in [3.63, 3.8) is 0 Å². The van der Waals surface area contributed by atoms with Crippen LogP contribution in [0.5, 0.6) is 11.5 Å². The average molecular weight is 334 g/mol. The second-order valence-electron chi connectivity index (χ2n) is 4.83. The Bertz CT molecular complexity index is 671. The number of nitrogens with zero attached hydrogens (tertiary/aromatic N) is 1. The van der Waals surface area contributed by atoms with Crippen LogP contribution in [-0.2, 0) is 14.3 Å². The average Bonchev–Trinajstić information content (AvgIpc) is 3.03. The van der Waals surface area contributed by atoms with Gasteiger partial charge < -0.3 is 19.5 Å². The number of rotatable bonds is 6. The Kier molecular flexibility index (Phi) is 5.78. The standard InChI is InChI=1S/C16H18N2O6/c1-22-12-5-3-11(9-13(12)23-2)4-6-15(20)24-10-14(19)18-8-7-17-16(18)21/h3-6,9H,7-8,10H2,1-2H3,(H,17,21)/b6-4+. The van der Waals surface area contributed by atoms with Crippen LogP contribution in [0.2, 0.25) is 0 Å². The molecule has 1 N–H and O–H groups in total. The van der Waals surface area contributed by atoms with E-state index in [2.05, 4.69) is 5.32 Å². The number of amides is 3. The third kappa shape index (κ3) is 4.25. The lowest BCUT2D eigenvalue weighted by Gasteiger charge is -2.11. The molecule has 1 aromatic carbocycles. The number of methoxy groups -OCH3 is 2. The summed E-state index contributed by atoms with van der Waals surface area (Å²) in [5.41, 5.74) is 0.704. The van der Waals surface area contributed by atoms with Gasteiger partial charge in [-0.25, -0.2) is 9.59 Å². The molecule has 1 saturated heterocycles. The predicted molar refractivity (Wildman–Crippen MR) is 84.7 cm³/mol. The van der Waals surface area contributed by atoms with Gasteiger partial charge in [-0.05, 0) is 23.8 Å². The van der Waals surface area contributed by atoms with E-state index >= 15 is 0 Å². The zero-order valence-electron chi connectivity index (χ0n) is 13.4. The fraction of sp³-hybridized carbons (Fsp3) is 0.312. The minimum Gasteiger partial charge on any atom is -0.493 e. The maximum atomic E-state index is 11.7. The molecule has 1 aliphatic rings. The van der Waals surface area contributed by atoms with Gasteiger partial charge in [-0.1, -0.05) is 6.07 Å². The maximum absolute atomic E-state index is 11.7. The zero-order valence-corrected chi connectivity index (χ0v) is 13.4. The maximum Gasteiger partial charge on any atom is 0.331 e. The molecule has 0 radical (unpaired) electrons. The SMILES string of the molecule is COc1ccc(/C=C/C(=O)OCC(=O)N2CCNC2=O)cc1OC. The van der Waals surface area contributed by atoms with Crippen molar-refractivity contribution in [3.05, 3.63) is 29.8 Å². The van der Waals surface area contributed by atoms with Gasteiger partial charge in [-0.3, -0.25) is 9.69 Å². The van der Waals surface area contributed by atoms with Gasteiger partial charge in [0.2, 0.25) is 0 Å². The van der Waals surface area contributed by atoms with Crippen LogP contribution >= 0.6 is 0 Å². The van der Waals surface area contributed by atoms with Gasteiger partial charge in [0.05, 0.1) is 14.2 Å². The highest BCUT2D eigenvalue weighted by molar-refractivity contribution is 5.97. The van der Waals surface area contributed by atoms with Crippen molar-refractivity contribution in [2.75, 3.05) is 33.9 Å². The van der Waals surface area contributed by atoms with Gasteiger partial charge in [0, 0.05) is 19.2 Å². The molecular formula is C16H18N2O6. The molecule has 3 amide bonds. The molecular weight excluding hydrogens is 316 g/mol. The Hall–Kier alpha value is -3.03. The van der Waals surface area contributed by atoms with E-state index in [1.807, 2.05) is 0 Å². The molecule has 0 aliphatic carbocycles. The fourth-order valence-corrected chi connectivity index (χ4v) is 2.09. The lowest BCUT2D eigenvalue weighted by molar-refractivity contribution is -0.146. The molecule has 1 aromatic rings. The number of benzene rings is 1. The van der Waals surface area contributed by atoms with Crippen molar-refractivity contribution in [1.82, 2.24) is 10.2 Å². The van der Waals surface area contributed by atoms with Crippen LogP contribution in [0.25, 0.3) is 6.08 Å². The summed E-state index contributed by atoms with van der Waals surface area (Å²) >= 11 is 0. The van der Waals surface area contributed by atoms with Gasteiger partial charge >= 0.3 is 12.0 Å². The Morgan fingerprint density at radius 1 is 1.25 bits per heavy atom. The first-order valence-electron chi connectivity index (χ1n) is 7.20. The summed E-state index contributed by atoms with van der Waals surface area (Å²) < 4.78 is 15.1. The molecule has 8 heteroatoms. The van der Waals surface area contributed by atoms with Crippen LogP contribution < -0.4 is 14.8 Å². The summed E-state index contributed by atoms with van der Waals surface area (Å²) in [6.07, 6.45) is 2.72. The molecule has 1 heterocycles. The molecule has 0 atom stereocenters. The number of hydrogen-bond donors (Lipinski definition) is 1.